The summed E-state index contributed by atoms with van der Waals surface area (Å²) in [7, 11) is 0. The largest absolute Gasteiger partial charge is 0.494 e. The molecule has 1 aliphatic heterocycles. The minimum atomic E-state index is -0.130. The molecule has 0 radical (unpaired) electrons. The number of hydrogen-bond donors (Lipinski definition) is 0. The molecule has 4 rings (SSSR count). The van der Waals surface area contributed by atoms with Crippen LogP contribution in [0.1, 0.15) is 40.5 Å². The molecule has 3 heterocycles. The minimum Gasteiger partial charge on any atom is -0.494 e. The summed E-state index contributed by atoms with van der Waals surface area (Å²) in [5.41, 5.74) is 2.72. The third-order valence-corrected chi connectivity index (χ3v) is 5.70. The maximum absolute atomic E-state index is 13.4. The highest BCUT2D eigenvalue weighted by Gasteiger charge is 2.29. The smallest absolute Gasteiger partial charge is 0.289 e. The van der Waals surface area contributed by atoms with E-state index < -0.39 is 0 Å². The van der Waals surface area contributed by atoms with Gasteiger partial charge >= 0.3 is 0 Å². The molecule has 0 bridgehead atoms. The number of nitrogens with zero attached hydrogens (tertiary/aromatic N) is 3. The van der Waals surface area contributed by atoms with Gasteiger partial charge in [-0.1, -0.05) is 0 Å². The second kappa shape index (κ2) is 8.26. The number of fused-ring (bicyclic) bond motifs is 1. The highest BCUT2D eigenvalue weighted by molar-refractivity contribution is 6.02. The van der Waals surface area contributed by atoms with Crippen LogP contribution in [0.3, 0.4) is 0 Å². The van der Waals surface area contributed by atoms with Gasteiger partial charge in [0, 0.05) is 43.6 Å². The summed E-state index contributed by atoms with van der Waals surface area (Å²) in [6.07, 6.45) is 1.50. The van der Waals surface area contributed by atoms with E-state index in [4.69, 9.17) is 9.15 Å². The van der Waals surface area contributed by atoms with Crippen molar-refractivity contribution in [3.8, 4) is 5.75 Å². The molecule has 1 aromatic carbocycles. The van der Waals surface area contributed by atoms with Gasteiger partial charge in [0.25, 0.3) is 11.8 Å². The van der Waals surface area contributed by atoms with E-state index in [1.165, 1.54) is 6.26 Å². The summed E-state index contributed by atoms with van der Waals surface area (Å²) in [6.45, 7) is 9.29. The molecule has 7 nitrogen and oxygen atoms in total. The van der Waals surface area contributed by atoms with Crippen molar-refractivity contribution in [1.29, 1.82) is 0 Å². The molecule has 30 heavy (non-hydrogen) atoms. The molecule has 1 fully saturated rings. The SMILES string of the molecule is CCOc1ccc2c(c1)c(C)c(C(=O)N1CCN(C(=O)c3ccco3)CC1)n2CC. The summed E-state index contributed by atoms with van der Waals surface area (Å²) < 4.78 is 12.9. The maximum Gasteiger partial charge on any atom is 0.289 e. The summed E-state index contributed by atoms with van der Waals surface area (Å²) in [5, 5.41) is 1.04. The van der Waals surface area contributed by atoms with Crippen LogP contribution in [0.2, 0.25) is 0 Å². The quantitative estimate of drug-likeness (QED) is 0.646. The van der Waals surface area contributed by atoms with Gasteiger partial charge in [0.05, 0.1) is 12.9 Å². The first kappa shape index (κ1) is 20.1. The molecule has 0 unspecified atom stereocenters. The Bertz CT molecular complexity index is 1060. The van der Waals surface area contributed by atoms with Crippen LogP contribution in [-0.2, 0) is 6.54 Å². The molecular weight excluding hydrogens is 382 g/mol. The number of furan rings is 1. The minimum absolute atomic E-state index is 0.00797. The zero-order valence-corrected chi connectivity index (χ0v) is 17.7. The lowest BCUT2D eigenvalue weighted by molar-refractivity contribution is 0.0512. The van der Waals surface area contributed by atoms with Crippen molar-refractivity contribution in [2.24, 2.45) is 0 Å². The van der Waals surface area contributed by atoms with E-state index in [1.54, 1.807) is 17.0 Å². The molecule has 3 aromatic rings. The number of piperazine rings is 1. The second-order valence-electron chi connectivity index (χ2n) is 7.39. The van der Waals surface area contributed by atoms with Gasteiger partial charge in [0.15, 0.2) is 5.76 Å². The number of aromatic nitrogens is 1. The average Bonchev–Trinajstić information content (AvgIpc) is 3.40. The van der Waals surface area contributed by atoms with Crippen molar-refractivity contribution < 1.29 is 18.7 Å². The van der Waals surface area contributed by atoms with E-state index in [1.807, 2.05) is 43.9 Å². The Hall–Kier alpha value is -3.22. The van der Waals surface area contributed by atoms with Crippen LogP contribution in [0.15, 0.2) is 41.0 Å². The molecule has 0 N–H and O–H groups in total. The van der Waals surface area contributed by atoms with Crippen LogP contribution < -0.4 is 4.74 Å². The Morgan fingerprint density at radius 2 is 1.73 bits per heavy atom. The first-order valence-electron chi connectivity index (χ1n) is 10.4. The van der Waals surface area contributed by atoms with Gasteiger partial charge in [0.2, 0.25) is 0 Å². The molecule has 2 amide bonds. The van der Waals surface area contributed by atoms with Crippen molar-refractivity contribution in [2.45, 2.75) is 27.3 Å². The van der Waals surface area contributed by atoms with Crippen LogP contribution in [0, 0.1) is 6.92 Å². The Kier molecular flexibility index (Phi) is 5.53. The fourth-order valence-corrected chi connectivity index (χ4v) is 4.18. The fourth-order valence-electron chi connectivity index (χ4n) is 4.18. The Balaban J connectivity index is 1.56. The van der Waals surface area contributed by atoms with E-state index in [-0.39, 0.29) is 11.8 Å². The van der Waals surface area contributed by atoms with E-state index in [9.17, 15) is 9.59 Å². The normalized spacial score (nSPS) is 14.4. The third kappa shape index (κ3) is 3.44. The predicted octanol–water partition coefficient (Wildman–Crippen LogP) is 3.56. The van der Waals surface area contributed by atoms with Gasteiger partial charge in [-0.05, 0) is 56.7 Å². The molecule has 1 aliphatic rings. The number of amides is 2. The zero-order chi connectivity index (χ0) is 21.3. The van der Waals surface area contributed by atoms with Crippen LogP contribution in [0.4, 0.5) is 0 Å². The van der Waals surface area contributed by atoms with E-state index in [0.717, 1.165) is 22.2 Å². The monoisotopic (exact) mass is 409 g/mol. The van der Waals surface area contributed by atoms with Gasteiger partial charge in [-0.15, -0.1) is 0 Å². The van der Waals surface area contributed by atoms with Crippen LogP contribution in [0.25, 0.3) is 10.9 Å². The van der Waals surface area contributed by atoms with Gasteiger partial charge < -0.3 is 23.5 Å². The van der Waals surface area contributed by atoms with Gasteiger partial charge in [-0.3, -0.25) is 9.59 Å². The Labute approximate surface area is 175 Å². The average molecular weight is 409 g/mol. The van der Waals surface area contributed by atoms with E-state index in [2.05, 4.69) is 4.57 Å². The summed E-state index contributed by atoms with van der Waals surface area (Å²) in [5.74, 6) is 1.02. The molecule has 2 aromatic heterocycles. The first-order chi connectivity index (χ1) is 14.5. The van der Waals surface area contributed by atoms with Gasteiger partial charge in [-0.25, -0.2) is 0 Å². The standard InChI is InChI=1S/C23H27N3O4/c1-4-26-19-9-8-17(29-5-2)15-18(19)16(3)21(26)23(28)25-12-10-24(11-13-25)22(27)20-7-6-14-30-20/h6-9,14-15H,4-5,10-13H2,1-3H3. The van der Waals surface area contributed by atoms with Crippen LogP contribution in [0.5, 0.6) is 5.75 Å². The number of carbonyl (C=O) groups is 2. The van der Waals surface area contributed by atoms with E-state index in [0.29, 0.717) is 50.8 Å². The Morgan fingerprint density at radius 1 is 1.03 bits per heavy atom. The third-order valence-electron chi connectivity index (χ3n) is 5.70. The summed E-state index contributed by atoms with van der Waals surface area (Å²) in [4.78, 5) is 29.5. The first-order valence-corrected chi connectivity index (χ1v) is 10.4. The molecule has 7 heteroatoms. The molecule has 1 saturated heterocycles. The lowest BCUT2D eigenvalue weighted by atomic mass is 10.1. The zero-order valence-electron chi connectivity index (χ0n) is 17.7. The molecule has 0 aliphatic carbocycles. The van der Waals surface area contributed by atoms with Gasteiger partial charge in [-0.2, -0.15) is 0 Å². The lowest BCUT2D eigenvalue weighted by Gasteiger charge is -2.34. The van der Waals surface area contributed by atoms with Crippen molar-refractivity contribution in [1.82, 2.24) is 14.4 Å². The van der Waals surface area contributed by atoms with Crippen LogP contribution in [-0.4, -0.2) is 59.0 Å². The Morgan fingerprint density at radius 3 is 2.33 bits per heavy atom. The fraction of sp³-hybridized carbons (Fsp3) is 0.391. The molecule has 0 spiro atoms. The number of aryl methyl sites for hydroxylation is 2. The maximum atomic E-state index is 13.4. The number of hydrogen-bond acceptors (Lipinski definition) is 4. The van der Waals surface area contributed by atoms with Gasteiger partial charge in [0.1, 0.15) is 11.4 Å². The number of carbonyl (C=O) groups excluding carboxylic acids is 2. The number of rotatable bonds is 5. The van der Waals surface area contributed by atoms with E-state index >= 15 is 0 Å². The molecule has 0 atom stereocenters. The van der Waals surface area contributed by atoms with Crippen molar-refractivity contribution in [2.75, 3.05) is 32.8 Å². The molecule has 158 valence electrons. The predicted molar refractivity (Wildman–Crippen MR) is 114 cm³/mol. The lowest BCUT2D eigenvalue weighted by Crippen LogP contribution is -2.51. The van der Waals surface area contributed by atoms with Crippen molar-refractivity contribution in [3.05, 3.63) is 53.6 Å². The van der Waals surface area contributed by atoms with Crippen molar-refractivity contribution in [3.63, 3.8) is 0 Å². The summed E-state index contributed by atoms with van der Waals surface area (Å²) in [6, 6.07) is 9.35. The topological polar surface area (TPSA) is 67.9 Å². The highest BCUT2D eigenvalue weighted by atomic mass is 16.5. The van der Waals surface area contributed by atoms with Crippen LogP contribution >= 0.6 is 0 Å². The number of benzene rings is 1. The highest BCUT2D eigenvalue weighted by Crippen LogP contribution is 2.30. The summed E-state index contributed by atoms with van der Waals surface area (Å²) >= 11 is 0. The second-order valence-corrected chi connectivity index (χ2v) is 7.39. The van der Waals surface area contributed by atoms with Crippen molar-refractivity contribution >= 4 is 22.7 Å². The molecule has 0 saturated carbocycles. The number of ether oxygens (including phenoxy) is 1. The molecular formula is C23H27N3O4.